The lowest BCUT2D eigenvalue weighted by Crippen LogP contribution is -2.24. The first kappa shape index (κ1) is 15.6. The molecule has 0 aliphatic heterocycles. The Morgan fingerprint density at radius 2 is 1.91 bits per heavy atom. The van der Waals surface area contributed by atoms with E-state index in [9.17, 15) is 9.59 Å². The van der Waals surface area contributed by atoms with Crippen LogP contribution in [-0.4, -0.2) is 29.7 Å². The van der Waals surface area contributed by atoms with E-state index in [1.54, 1.807) is 10.6 Å². The standard InChI is InChI=1S/C18H21NO4/c1-22-17(20)12-19-15-10-6-5-7-13(15)11-16(19)18(21)23-14-8-3-2-4-9-14/h5-7,10-11,14H,2-4,8-9,12H2,1H3. The number of aromatic nitrogens is 1. The number of benzene rings is 1. The van der Waals surface area contributed by atoms with Crippen molar-refractivity contribution in [2.75, 3.05) is 7.11 Å². The van der Waals surface area contributed by atoms with Crippen molar-refractivity contribution in [3.63, 3.8) is 0 Å². The second-order valence-corrected chi connectivity index (χ2v) is 5.92. The average molecular weight is 315 g/mol. The molecule has 0 N–H and O–H groups in total. The Morgan fingerprint density at radius 1 is 1.17 bits per heavy atom. The Kier molecular flexibility index (Phi) is 4.65. The van der Waals surface area contributed by atoms with Gasteiger partial charge in [0.25, 0.3) is 0 Å². The van der Waals surface area contributed by atoms with Crippen LogP contribution in [0.2, 0.25) is 0 Å². The molecule has 122 valence electrons. The zero-order valence-corrected chi connectivity index (χ0v) is 13.3. The minimum atomic E-state index is -0.391. The van der Waals surface area contributed by atoms with Gasteiger partial charge in [-0.1, -0.05) is 24.6 Å². The largest absolute Gasteiger partial charge is 0.468 e. The number of para-hydroxylation sites is 1. The summed E-state index contributed by atoms with van der Waals surface area (Å²) in [6.45, 7) is -0.000880. The summed E-state index contributed by atoms with van der Waals surface area (Å²) < 4.78 is 12.1. The first-order valence-corrected chi connectivity index (χ1v) is 8.05. The third-order valence-corrected chi connectivity index (χ3v) is 4.36. The molecule has 1 aromatic carbocycles. The second kappa shape index (κ2) is 6.86. The van der Waals surface area contributed by atoms with Crippen molar-refractivity contribution in [2.24, 2.45) is 0 Å². The van der Waals surface area contributed by atoms with Crippen LogP contribution in [0.25, 0.3) is 10.9 Å². The summed E-state index contributed by atoms with van der Waals surface area (Å²) in [4.78, 5) is 24.3. The highest BCUT2D eigenvalue weighted by Gasteiger charge is 2.23. The van der Waals surface area contributed by atoms with Crippen LogP contribution in [0.5, 0.6) is 0 Å². The molecule has 23 heavy (non-hydrogen) atoms. The number of hydrogen-bond donors (Lipinski definition) is 0. The number of rotatable bonds is 4. The van der Waals surface area contributed by atoms with E-state index < -0.39 is 5.97 Å². The molecular formula is C18H21NO4. The molecule has 1 aliphatic rings. The van der Waals surface area contributed by atoms with Crippen LogP contribution in [0.15, 0.2) is 30.3 Å². The monoisotopic (exact) mass is 315 g/mol. The smallest absolute Gasteiger partial charge is 0.355 e. The molecule has 0 spiro atoms. The lowest BCUT2D eigenvalue weighted by atomic mass is 9.98. The molecular weight excluding hydrogens is 294 g/mol. The van der Waals surface area contributed by atoms with Crippen LogP contribution in [0.4, 0.5) is 0 Å². The normalized spacial score (nSPS) is 15.5. The lowest BCUT2D eigenvalue weighted by molar-refractivity contribution is -0.141. The molecule has 0 bridgehead atoms. The van der Waals surface area contributed by atoms with E-state index in [1.165, 1.54) is 13.5 Å². The molecule has 3 rings (SSSR count). The minimum absolute atomic E-state index is 0.000880. The van der Waals surface area contributed by atoms with E-state index in [0.717, 1.165) is 36.6 Å². The van der Waals surface area contributed by atoms with E-state index in [1.807, 2.05) is 24.3 Å². The Bertz CT molecular complexity index is 713. The van der Waals surface area contributed by atoms with Crippen molar-refractivity contribution in [1.82, 2.24) is 4.57 Å². The maximum atomic E-state index is 12.6. The molecule has 1 fully saturated rings. The molecule has 0 radical (unpaired) electrons. The summed E-state index contributed by atoms with van der Waals surface area (Å²) in [7, 11) is 1.34. The fourth-order valence-electron chi connectivity index (χ4n) is 3.14. The van der Waals surface area contributed by atoms with Crippen LogP contribution < -0.4 is 0 Å². The SMILES string of the molecule is COC(=O)Cn1c(C(=O)OC2CCCCC2)cc2ccccc21. The number of nitrogens with zero attached hydrogens (tertiary/aromatic N) is 1. The fraction of sp³-hybridized carbons (Fsp3) is 0.444. The zero-order chi connectivity index (χ0) is 16.2. The van der Waals surface area contributed by atoms with Crippen molar-refractivity contribution >= 4 is 22.8 Å². The van der Waals surface area contributed by atoms with Crippen molar-refractivity contribution < 1.29 is 19.1 Å². The van der Waals surface area contributed by atoms with Gasteiger partial charge in [-0.25, -0.2) is 4.79 Å². The molecule has 0 atom stereocenters. The van der Waals surface area contributed by atoms with E-state index in [2.05, 4.69) is 0 Å². The molecule has 2 aromatic rings. The number of esters is 2. The van der Waals surface area contributed by atoms with Gasteiger partial charge < -0.3 is 14.0 Å². The maximum Gasteiger partial charge on any atom is 0.355 e. The van der Waals surface area contributed by atoms with E-state index in [-0.39, 0.29) is 18.6 Å². The minimum Gasteiger partial charge on any atom is -0.468 e. The van der Waals surface area contributed by atoms with Crippen molar-refractivity contribution in [1.29, 1.82) is 0 Å². The third-order valence-electron chi connectivity index (χ3n) is 4.36. The molecule has 5 heteroatoms. The van der Waals surface area contributed by atoms with Gasteiger partial charge >= 0.3 is 11.9 Å². The predicted molar refractivity (Wildman–Crippen MR) is 86.2 cm³/mol. The Labute approximate surface area is 135 Å². The van der Waals surface area contributed by atoms with Gasteiger partial charge in [0.05, 0.1) is 7.11 Å². The first-order valence-electron chi connectivity index (χ1n) is 8.05. The summed E-state index contributed by atoms with van der Waals surface area (Å²) in [5, 5.41) is 0.909. The summed E-state index contributed by atoms with van der Waals surface area (Å²) in [5.74, 6) is -0.755. The van der Waals surface area contributed by atoms with Gasteiger partial charge in [-0.05, 0) is 37.8 Å². The van der Waals surface area contributed by atoms with Gasteiger partial charge in [-0.3, -0.25) is 4.79 Å². The number of methoxy groups -OCH3 is 1. The molecule has 1 heterocycles. The molecule has 1 aliphatic carbocycles. The Hall–Kier alpha value is -2.30. The topological polar surface area (TPSA) is 57.5 Å². The zero-order valence-electron chi connectivity index (χ0n) is 13.3. The summed E-state index contributed by atoms with van der Waals surface area (Å²) in [5.41, 5.74) is 1.23. The number of carbonyl (C=O) groups excluding carboxylic acids is 2. The lowest BCUT2D eigenvalue weighted by Gasteiger charge is -2.22. The quantitative estimate of drug-likeness (QED) is 0.812. The van der Waals surface area contributed by atoms with Crippen LogP contribution in [0.3, 0.4) is 0 Å². The molecule has 5 nitrogen and oxygen atoms in total. The fourth-order valence-corrected chi connectivity index (χ4v) is 3.14. The molecule has 0 unspecified atom stereocenters. The van der Waals surface area contributed by atoms with Gasteiger partial charge in [0, 0.05) is 10.9 Å². The summed E-state index contributed by atoms with van der Waals surface area (Å²) >= 11 is 0. The van der Waals surface area contributed by atoms with Gasteiger partial charge in [0.1, 0.15) is 18.3 Å². The number of ether oxygens (including phenoxy) is 2. The Balaban J connectivity index is 1.90. The average Bonchev–Trinajstić information content (AvgIpc) is 2.94. The molecule has 1 saturated carbocycles. The van der Waals surface area contributed by atoms with Gasteiger partial charge in [0.15, 0.2) is 0 Å². The summed E-state index contributed by atoms with van der Waals surface area (Å²) in [6, 6.07) is 9.37. The molecule has 1 aromatic heterocycles. The third kappa shape index (κ3) is 3.38. The van der Waals surface area contributed by atoms with Crippen molar-refractivity contribution in [2.45, 2.75) is 44.8 Å². The first-order chi connectivity index (χ1) is 11.2. The second-order valence-electron chi connectivity index (χ2n) is 5.92. The van der Waals surface area contributed by atoms with E-state index >= 15 is 0 Å². The van der Waals surface area contributed by atoms with Crippen molar-refractivity contribution in [3.05, 3.63) is 36.0 Å². The maximum absolute atomic E-state index is 12.6. The van der Waals surface area contributed by atoms with Crippen LogP contribution in [0.1, 0.15) is 42.6 Å². The van der Waals surface area contributed by atoms with E-state index in [4.69, 9.17) is 9.47 Å². The highest BCUT2D eigenvalue weighted by atomic mass is 16.5. The summed E-state index contributed by atoms with van der Waals surface area (Å²) in [6.07, 6.45) is 5.23. The Morgan fingerprint density at radius 3 is 2.65 bits per heavy atom. The van der Waals surface area contributed by atoms with Crippen LogP contribution in [0, 0.1) is 0 Å². The van der Waals surface area contributed by atoms with Crippen LogP contribution in [-0.2, 0) is 20.8 Å². The number of hydrogen-bond acceptors (Lipinski definition) is 4. The van der Waals surface area contributed by atoms with Crippen LogP contribution >= 0.6 is 0 Å². The number of carbonyl (C=O) groups is 2. The van der Waals surface area contributed by atoms with Gasteiger partial charge in [0.2, 0.25) is 0 Å². The van der Waals surface area contributed by atoms with Crippen molar-refractivity contribution in [3.8, 4) is 0 Å². The predicted octanol–water partition coefficient (Wildman–Crippen LogP) is 3.30. The van der Waals surface area contributed by atoms with E-state index in [0.29, 0.717) is 5.69 Å². The molecule has 0 amide bonds. The highest BCUT2D eigenvalue weighted by Crippen LogP contribution is 2.24. The highest BCUT2D eigenvalue weighted by molar-refractivity contribution is 5.96. The molecule has 0 saturated heterocycles. The van der Waals surface area contributed by atoms with Gasteiger partial charge in [-0.15, -0.1) is 0 Å². The number of fused-ring (bicyclic) bond motifs is 1. The van der Waals surface area contributed by atoms with Gasteiger partial charge in [-0.2, -0.15) is 0 Å².